The van der Waals surface area contributed by atoms with E-state index in [4.69, 9.17) is 13.6 Å². The summed E-state index contributed by atoms with van der Waals surface area (Å²) in [6.07, 6.45) is 6.80. The van der Waals surface area contributed by atoms with Gasteiger partial charge in [0.1, 0.15) is 5.75 Å². The highest BCUT2D eigenvalue weighted by atomic mass is 31.2. The van der Waals surface area contributed by atoms with E-state index < -0.39 is 7.82 Å². The average Bonchev–Trinajstić information content (AvgIpc) is 2.67. The summed E-state index contributed by atoms with van der Waals surface area (Å²) in [5.41, 5.74) is 0.924. The van der Waals surface area contributed by atoms with Crippen LogP contribution >= 0.6 is 7.82 Å². The van der Waals surface area contributed by atoms with Gasteiger partial charge < -0.3 is 4.52 Å². The lowest BCUT2D eigenvalue weighted by atomic mass is 10.1. The summed E-state index contributed by atoms with van der Waals surface area (Å²) in [5, 5.41) is 0. The third-order valence-electron chi connectivity index (χ3n) is 3.94. The Balaban J connectivity index is 1.87. The minimum Gasteiger partial charge on any atom is -0.404 e. The van der Waals surface area contributed by atoms with Crippen LogP contribution in [-0.4, -0.2) is 6.61 Å². The molecule has 2 rings (SSSR count). The van der Waals surface area contributed by atoms with Crippen molar-refractivity contribution in [3.05, 3.63) is 66.2 Å². The SMILES string of the molecule is CCCCCCCCOP(=O)(OCc1ccccc1)Oc1ccccc1. The Morgan fingerprint density at radius 1 is 0.769 bits per heavy atom. The quantitative estimate of drug-likeness (QED) is 0.286. The van der Waals surface area contributed by atoms with Crippen molar-refractivity contribution in [3.8, 4) is 5.75 Å². The van der Waals surface area contributed by atoms with Crippen LogP contribution in [0.5, 0.6) is 5.75 Å². The Kier molecular flexibility index (Phi) is 9.47. The molecule has 4 nitrogen and oxygen atoms in total. The van der Waals surface area contributed by atoms with Gasteiger partial charge in [-0.2, -0.15) is 0 Å². The van der Waals surface area contributed by atoms with Gasteiger partial charge in [-0.25, -0.2) is 4.57 Å². The molecule has 0 heterocycles. The van der Waals surface area contributed by atoms with E-state index in [0.717, 1.165) is 18.4 Å². The first-order chi connectivity index (χ1) is 12.7. The Labute approximate surface area is 157 Å². The number of hydrogen-bond donors (Lipinski definition) is 0. The Morgan fingerprint density at radius 2 is 1.38 bits per heavy atom. The molecule has 0 aromatic heterocycles. The first-order valence-corrected chi connectivity index (χ1v) is 10.9. The predicted octanol–water partition coefficient (Wildman–Crippen LogP) is 6.77. The summed E-state index contributed by atoms with van der Waals surface area (Å²) in [6.45, 7) is 2.75. The van der Waals surface area contributed by atoms with Crippen molar-refractivity contribution < 1.29 is 18.1 Å². The van der Waals surface area contributed by atoms with E-state index >= 15 is 0 Å². The van der Waals surface area contributed by atoms with Crippen LogP contribution in [0.4, 0.5) is 0 Å². The van der Waals surface area contributed by atoms with Crippen molar-refractivity contribution >= 4 is 7.82 Å². The fourth-order valence-corrected chi connectivity index (χ4v) is 3.71. The second kappa shape index (κ2) is 11.9. The largest absolute Gasteiger partial charge is 0.530 e. The molecule has 0 aliphatic heterocycles. The Bertz CT molecular complexity index is 646. The van der Waals surface area contributed by atoms with Crippen molar-refractivity contribution in [1.29, 1.82) is 0 Å². The second-order valence-electron chi connectivity index (χ2n) is 6.21. The van der Waals surface area contributed by atoms with Gasteiger partial charge in [-0.05, 0) is 24.1 Å². The molecular weight excluding hydrogens is 347 g/mol. The smallest absolute Gasteiger partial charge is 0.404 e. The van der Waals surface area contributed by atoms with Crippen molar-refractivity contribution in [2.45, 2.75) is 52.1 Å². The Hall–Kier alpha value is -1.61. The molecule has 0 N–H and O–H groups in total. The van der Waals surface area contributed by atoms with Gasteiger partial charge in [0.15, 0.2) is 0 Å². The molecule has 1 unspecified atom stereocenters. The maximum Gasteiger partial charge on any atom is 0.530 e. The topological polar surface area (TPSA) is 44.8 Å². The van der Waals surface area contributed by atoms with Crippen LogP contribution in [0.2, 0.25) is 0 Å². The number of phosphoric ester groups is 1. The van der Waals surface area contributed by atoms with Crippen LogP contribution in [0.25, 0.3) is 0 Å². The van der Waals surface area contributed by atoms with Crippen molar-refractivity contribution in [1.82, 2.24) is 0 Å². The molecule has 26 heavy (non-hydrogen) atoms. The van der Waals surface area contributed by atoms with Gasteiger partial charge in [0.2, 0.25) is 0 Å². The van der Waals surface area contributed by atoms with E-state index in [9.17, 15) is 4.57 Å². The summed E-state index contributed by atoms with van der Waals surface area (Å²) in [6, 6.07) is 18.6. The van der Waals surface area contributed by atoms with Crippen LogP contribution in [0.3, 0.4) is 0 Å². The molecule has 0 bridgehead atoms. The second-order valence-corrected chi connectivity index (χ2v) is 7.80. The van der Waals surface area contributed by atoms with E-state index in [1.54, 1.807) is 12.1 Å². The normalized spacial score (nSPS) is 13.3. The van der Waals surface area contributed by atoms with Crippen LogP contribution in [0, 0.1) is 0 Å². The number of phosphoric acid groups is 1. The molecule has 0 aliphatic rings. The van der Waals surface area contributed by atoms with Gasteiger partial charge >= 0.3 is 7.82 Å². The summed E-state index contributed by atoms with van der Waals surface area (Å²) < 4.78 is 29.8. The summed E-state index contributed by atoms with van der Waals surface area (Å²) in [5.74, 6) is 0.479. The van der Waals surface area contributed by atoms with Crippen molar-refractivity contribution in [2.24, 2.45) is 0 Å². The highest BCUT2D eigenvalue weighted by Crippen LogP contribution is 2.50. The average molecular weight is 376 g/mol. The molecule has 0 fully saturated rings. The van der Waals surface area contributed by atoms with E-state index in [1.165, 1.54) is 25.7 Å². The Morgan fingerprint density at radius 3 is 2.08 bits per heavy atom. The summed E-state index contributed by atoms with van der Waals surface area (Å²) in [4.78, 5) is 0. The van der Waals surface area contributed by atoms with Crippen molar-refractivity contribution in [2.75, 3.05) is 6.61 Å². The molecule has 1 atom stereocenters. The standard InChI is InChI=1S/C21H29O4P/c1-2-3-4-5-6-13-18-23-26(22,25-21-16-11-8-12-17-21)24-19-20-14-9-7-10-15-20/h7-12,14-17H,2-6,13,18-19H2,1H3. The van der Waals surface area contributed by atoms with Crippen LogP contribution in [0.1, 0.15) is 51.0 Å². The molecule has 2 aromatic rings. The number of para-hydroxylation sites is 1. The van der Waals surface area contributed by atoms with E-state index in [0.29, 0.717) is 12.4 Å². The minimum atomic E-state index is -3.67. The van der Waals surface area contributed by atoms with Crippen LogP contribution in [-0.2, 0) is 20.2 Å². The van der Waals surface area contributed by atoms with E-state index in [2.05, 4.69) is 6.92 Å². The molecule has 5 heteroatoms. The lowest BCUT2D eigenvalue weighted by Gasteiger charge is -2.18. The zero-order valence-corrected chi connectivity index (χ0v) is 16.4. The molecule has 0 amide bonds. The minimum absolute atomic E-state index is 0.182. The monoisotopic (exact) mass is 376 g/mol. The fraction of sp³-hybridized carbons (Fsp3) is 0.429. The van der Waals surface area contributed by atoms with Crippen LogP contribution in [0.15, 0.2) is 60.7 Å². The van der Waals surface area contributed by atoms with Gasteiger partial charge in [0.05, 0.1) is 13.2 Å². The van der Waals surface area contributed by atoms with Gasteiger partial charge in [-0.3, -0.25) is 9.05 Å². The van der Waals surface area contributed by atoms with Gasteiger partial charge in [0, 0.05) is 0 Å². The number of unbranched alkanes of at least 4 members (excludes halogenated alkanes) is 5. The maximum atomic E-state index is 13.0. The molecule has 0 radical (unpaired) electrons. The van der Waals surface area contributed by atoms with E-state index in [-0.39, 0.29) is 6.61 Å². The predicted molar refractivity (Wildman–Crippen MR) is 105 cm³/mol. The van der Waals surface area contributed by atoms with Gasteiger partial charge in [-0.1, -0.05) is 87.6 Å². The maximum absolute atomic E-state index is 13.0. The number of rotatable bonds is 13. The highest BCUT2D eigenvalue weighted by molar-refractivity contribution is 7.48. The number of hydrogen-bond acceptors (Lipinski definition) is 4. The van der Waals surface area contributed by atoms with Gasteiger partial charge in [0.25, 0.3) is 0 Å². The molecule has 0 saturated carbocycles. The zero-order valence-electron chi connectivity index (χ0n) is 15.5. The zero-order chi connectivity index (χ0) is 18.5. The van der Waals surface area contributed by atoms with Gasteiger partial charge in [-0.15, -0.1) is 0 Å². The number of benzene rings is 2. The first-order valence-electron chi connectivity index (χ1n) is 9.39. The lowest BCUT2D eigenvalue weighted by Crippen LogP contribution is -2.04. The summed E-state index contributed by atoms with van der Waals surface area (Å²) in [7, 11) is -3.67. The first kappa shape index (κ1) is 20.7. The highest BCUT2D eigenvalue weighted by Gasteiger charge is 2.28. The molecule has 0 saturated heterocycles. The molecule has 0 spiro atoms. The lowest BCUT2D eigenvalue weighted by molar-refractivity contribution is 0.147. The van der Waals surface area contributed by atoms with Crippen LogP contribution < -0.4 is 4.52 Å². The molecular formula is C21H29O4P. The fourth-order valence-electron chi connectivity index (χ4n) is 2.49. The molecule has 0 aliphatic carbocycles. The third kappa shape index (κ3) is 8.18. The summed E-state index contributed by atoms with van der Waals surface area (Å²) >= 11 is 0. The molecule has 2 aromatic carbocycles. The molecule has 142 valence electrons. The van der Waals surface area contributed by atoms with Crippen molar-refractivity contribution in [3.63, 3.8) is 0 Å². The van der Waals surface area contributed by atoms with E-state index in [1.807, 2.05) is 48.5 Å². The third-order valence-corrected chi connectivity index (χ3v) is 5.32.